The molecule has 1 aromatic rings. The molecule has 140 valence electrons. The molecule has 1 unspecified atom stereocenters. The summed E-state index contributed by atoms with van der Waals surface area (Å²) in [4.78, 5) is 18.6. The highest BCUT2D eigenvalue weighted by molar-refractivity contribution is 5.84. The summed E-state index contributed by atoms with van der Waals surface area (Å²) in [5.74, 6) is 0.313. The van der Waals surface area contributed by atoms with Gasteiger partial charge in [-0.2, -0.15) is 13.2 Å². The number of rotatable bonds is 4. The van der Waals surface area contributed by atoms with Gasteiger partial charge in [0.1, 0.15) is 5.82 Å². The number of halogens is 3. The lowest BCUT2D eigenvalue weighted by Gasteiger charge is -2.45. The topological polar surface area (TPSA) is 47.4 Å². The van der Waals surface area contributed by atoms with Crippen LogP contribution in [0.3, 0.4) is 0 Å². The predicted molar refractivity (Wildman–Crippen MR) is 84.9 cm³/mol. The minimum atomic E-state index is -4.45. The van der Waals surface area contributed by atoms with Crippen LogP contribution in [0, 0.1) is 5.41 Å². The molecule has 1 amide bonds. The van der Waals surface area contributed by atoms with Crippen molar-refractivity contribution in [2.45, 2.75) is 44.2 Å². The Hall–Kier alpha value is -1.57. The first-order chi connectivity index (χ1) is 11.8. The minimum absolute atomic E-state index is 0.0792. The van der Waals surface area contributed by atoms with E-state index in [-0.39, 0.29) is 11.8 Å². The van der Waals surface area contributed by atoms with Gasteiger partial charge in [0, 0.05) is 39.4 Å². The molecular formula is C17H24F3N3O2. The number of aryl methyl sites for hydroxylation is 1. The van der Waals surface area contributed by atoms with E-state index in [0.717, 1.165) is 38.3 Å². The molecule has 1 aromatic heterocycles. The van der Waals surface area contributed by atoms with Gasteiger partial charge in [-0.1, -0.05) is 6.42 Å². The second-order valence-electron chi connectivity index (χ2n) is 7.25. The number of hydrogen-bond donors (Lipinski definition) is 0. The van der Waals surface area contributed by atoms with Gasteiger partial charge < -0.3 is 14.2 Å². The standard InChI is InChI=1S/C17H24F3N3O2/c1-22-10-13(17(18,19)20)21-14(22)12-5-3-8-23(9-12)15(24)16(11-25-2)6-4-7-16/h10,12H,3-9,11H2,1-2H3. The Balaban J connectivity index is 1.75. The molecule has 0 spiro atoms. The van der Waals surface area contributed by atoms with Gasteiger partial charge in [-0.05, 0) is 25.7 Å². The van der Waals surface area contributed by atoms with Gasteiger partial charge in [0.25, 0.3) is 0 Å². The smallest absolute Gasteiger partial charge is 0.384 e. The largest absolute Gasteiger partial charge is 0.434 e. The summed E-state index contributed by atoms with van der Waals surface area (Å²) < 4.78 is 45.4. The Morgan fingerprint density at radius 3 is 2.64 bits per heavy atom. The highest BCUT2D eigenvalue weighted by atomic mass is 19.4. The number of aromatic nitrogens is 2. The van der Waals surface area contributed by atoms with Crippen LogP contribution in [0.25, 0.3) is 0 Å². The summed E-state index contributed by atoms with van der Waals surface area (Å²) >= 11 is 0. The van der Waals surface area contributed by atoms with Gasteiger partial charge in [0.2, 0.25) is 5.91 Å². The van der Waals surface area contributed by atoms with Crippen molar-refractivity contribution >= 4 is 5.91 Å². The lowest BCUT2D eigenvalue weighted by molar-refractivity contribution is -0.153. The molecule has 5 nitrogen and oxygen atoms in total. The Bertz CT molecular complexity index is 638. The third-order valence-electron chi connectivity index (χ3n) is 5.46. The Morgan fingerprint density at radius 2 is 2.12 bits per heavy atom. The second-order valence-corrected chi connectivity index (χ2v) is 7.25. The fourth-order valence-electron chi connectivity index (χ4n) is 4.00. The maximum atomic E-state index is 13.0. The van der Waals surface area contributed by atoms with Gasteiger partial charge in [-0.25, -0.2) is 4.98 Å². The number of methoxy groups -OCH3 is 1. The van der Waals surface area contributed by atoms with Gasteiger partial charge in [-0.3, -0.25) is 4.79 Å². The fourth-order valence-corrected chi connectivity index (χ4v) is 4.00. The zero-order valence-electron chi connectivity index (χ0n) is 14.6. The Kier molecular flexibility index (Phi) is 4.83. The molecule has 1 aliphatic heterocycles. The summed E-state index contributed by atoms with van der Waals surface area (Å²) in [5, 5.41) is 0. The van der Waals surface area contributed by atoms with Crippen molar-refractivity contribution in [2.24, 2.45) is 12.5 Å². The van der Waals surface area contributed by atoms with Crippen molar-refractivity contribution < 1.29 is 22.7 Å². The van der Waals surface area contributed by atoms with Gasteiger partial charge in [0.15, 0.2) is 5.69 Å². The Labute approximate surface area is 145 Å². The number of likely N-dealkylation sites (tertiary alicyclic amines) is 1. The Morgan fingerprint density at radius 1 is 1.40 bits per heavy atom. The molecule has 8 heteroatoms. The van der Waals surface area contributed by atoms with Gasteiger partial charge in [-0.15, -0.1) is 0 Å². The number of amides is 1. The van der Waals surface area contributed by atoms with Crippen LogP contribution in [-0.2, 0) is 22.8 Å². The number of hydrogen-bond acceptors (Lipinski definition) is 3. The fraction of sp³-hybridized carbons (Fsp3) is 0.765. The monoisotopic (exact) mass is 359 g/mol. The number of carbonyl (C=O) groups excluding carboxylic acids is 1. The summed E-state index contributed by atoms with van der Waals surface area (Å²) in [7, 11) is 3.18. The molecule has 0 N–H and O–H groups in total. The maximum absolute atomic E-state index is 13.0. The van der Waals surface area contributed by atoms with Crippen molar-refractivity contribution in [1.29, 1.82) is 0 Å². The summed E-state index contributed by atoms with van der Waals surface area (Å²) in [6.07, 6.45) is 0.740. The van der Waals surface area contributed by atoms with Crippen LogP contribution < -0.4 is 0 Å². The van der Waals surface area contributed by atoms with Crippen LogP contribution in [-0.4, -0.2) is 47.2 Å². The molecule has 0 aromatic carbocycles. The molecular weight excluding hydrogens is 335 g/mol. The lowest BCUT2D eigenvalue weighted by atomic mass is 9.68. The highest BCUT2D eigenvalue weighted by Gasteiger charge is 2.47. The average Bonchev–Trinajstić information content (AvgIpc) is 2.92. The van der Waals surface area contributed by atoms with Gasteiger partial charge in [0.05, 0.1) is 12.0 Å². The molecule has 0 bridgehead atoms. The van der Waals surface area contributed by atoms with Crippen molar-refractivity contribution in [1.82, 2.24) is 14.5 Å². The first kappa shape index (κ1) is 18.2. The van der Waals surface area contributed by atoms with Crippen LogP contribution in [0.5, 0.6) is 0 Å². The predicted octanol–water partition coefficient (Wildman–Crippen LogP) is 2.96. The van der Waals surface area contributed by atoms with Crippen LogP contribution in [0.15, 0.2) is 6.20 Å². The third kappa shape index (κ3) is 3.41. The summed E-state index contributed by atoms with van der Waals surface area (Å²) in [5.41, 5.74) is -1.31. The maximum Gasteiger partial charge on any atom is 0.434 e. The number of imidazole rings is 1. The number of nitrogens with zero attached hydrogens (tertiary/aromatic N) is 3. The number of ether oxygens (including phenoxy) is 1. The van der Waals surface area contributed by atoms with E-state index in [1.54, 1.807) is 19.1 Å². The second kappa shape index (κ2) is 6.63. The molecule has 1 atom stereocenters. The SMILES string of the molecule is COCC1(C(=O)N2CCCC(c3nc(C(F)(F)F)cn3C)C2)CCC1. The van der Waals surface area contributed by atoms with E-state index in [1.165, 1.54) is 4.57 Å². The van der Waals surface area contributed by atoms with Gasteiger partial charge >= 0.3 is 6.18 Å². The molecule has 2 fully saturated rings. The quantitative estimate of drug-likeness (QED) is 0.830. The number of alkyl halides is 3. The van der Waals surface area contributed by atoms with Crippen molar-refractivity contribution in [3.8, 4) is 0 Å². The van der Waals surface area contributed by atoms with Crippen LogP contribution in [0.2, 0.25) is 0 Å². The summed E-state index contributed by atoms with van der Waals surface area (Å²) in [6, 6.07) is 0. The van der Waals surface area contributed by atoms with E-state index in [0.29, 0.717) is 25.5 Å². The molecule has 0 radical (unpaired) electrons. The number of piperidine rings is 1. The highest BCUT2D eigenvalue weighted by Crippen LogP contribution is 2.44. The third-order valence-corrected chi connectivity index (χ3v) is 5.46. The average molecular weight is 359 g/mol. The van der Waals surface area contributed by atoms with E-state index in [9.17, 15) is 18.0 Å². The van der Waals surface area contributed by atoms with E-state index in [2.05, 4.69) is 4.98 Å². The first-order valence-corrected chi connectivity index (χ1v) is 8.65. The lowest BCUT2D eigenvalue weighted by Crippen LogP contribution is -2.52. The van der Waals surface area contributed by atoms with E-state index >= 15 is 0 Å². The van der Waals surface area contributed by atoms with Crippen molar-refractivity contribution in [3.63, 3.8) is 0 Å². The summed E-state index contributed by atoms with van der Waals surface area (Å²) in [6.45, 7) is 1.48. The van der Waals surface area contributed by atoms with Crippen molar-refractivity contribution in [3.05, 3.63) is 17.7 Å². The molecule has 1 aliphatic carbocycles. The minimum Gasteiger partial charge on any atom is -0.384 e. The van der Waals surface area contributed by atoms with Crippen LogP contribution in [0.4, 0.5) is 13.2 Å². The number of carbonyl (C=O) groups is 1. The van der Waals surface area contributed by atoms with Crippen LogP contribution >= 0.6 is 0 Å². The first-order valence-electron chi connectivity index (χ1n) is 8.65. The molecule has 3 rings (SSSR count). The van der Waals surface area contributed by atoms with E-state index in [4.69, 9.17) is 4.74 Å². The molecule has 1 saturated heterocycles. The molecule has 2 heterocycles. The normalized spacial score (nSPS) is 23.4. The zero-order chi connectivity index (χ0) is 18.2. The molecule has 25 heavy (non-hydrogen) atoms. The van der Waals surface area contributed by atoms with E-state index < -0.39 is 17.3 Å². The van der Waals surface area contributed by atoms with Crippen molar-refractivity contribution in [2.75, 3.05) is 26.8 Å². The molecule has 2 aliphatic rings. The molecule has 1 saturated carbocycles. The van der Waals surface area contributed by atoms with E-state index in [1.807, 2.05) is 0 Å². The van der Waals surface area contributed by atoms with Crippen LogP contribution in [0.1, 0.15) is 49.5 Å². The zero-order valence-corrected chi connectivity index (χ0v) is 14.6.